The number of hydrogen-bond acceptors (Lipinski definition) is 4. The van der Waals surface area contributed by atoms with Gasteiger partial charge in [-0.1, -0.05) is 12.1 Å². The Balaban J connectivity index is 0.00000392. The lowest BCUT2D eigenvalue weighted by Crippen LogP contribution is -2.47. The summed E-state index contributed by atoms with van der Waals surface area (Å²) in [6.45, 7) is 2.01. The summed E-state index contributed by atoms with van der Waals surface area (Å²) < 4.78 is 45.1. The lowest BCUT2D eigenvalue weighted by Gasteiger charge is -2.33. The Morgan fingerprint density at radius 2 is 1.86 bits per heavy atom. The first-order chi connectivity index (χ1) is 12.8. The lowest BCUT2D eigenvalue weighted by atomic mass is 9.97. The van der Waals surface area contributed by atoms with Gasteiger partial charge in [0.25, 0.3) is 0 Å². The minimum absolute atomic E-state index is 0. The maximum absolute atomic E-state index is 12.2. The molecule has 1 aliphatic heterocycles. The molecule has 0 unspecified atom stereocenters. The van der Waals surface area contributed by atoms with Crippen molar-refractivity contribution in [1.82, 2.24) is 10.2 Å². The largest absolute Gasteiger partial charge is 0.573 e. The first-order valence-electron chi connectivity index (χ1n) is 8.70. The minimum atomic E-state index is -4.68. The molecule has 1 N–H and O–H groups in total. The molecule has 0 bridgehead atoms. The van der Waals surface area contributed by atoms with E-state index in [1.54, 1.807) is 19.2 Å². The zero-order valence-corrected chi connectivity index (χ0v) is 18.1. The molecule has 0 aromatic heterocycles. The second kappa shape index (κ2) is 11.3. The number of likely N-dealkylation sites (tertiary alicyclic amines) is 1. The van der Waals surface area contributed by atoms with Gasteiger partial charge in [0.15, 0.2) is 5.96 Å². The van der Waals surface area contributed by atoms with Crippen molar-refractivity contribution in [2.24, 2.45) is 10.9 Å². The number of nitrogens with zero attached hydrogens (tertiary/aromatic N) is 2. The zero-order chi connectivity index (χ0) is 19.9. The van der Waals surface area contributed by atoms with E-state index in [0.29, 0.717) is 38.9 Å². The third-order valence-electron chi connectivity index (χ3n) is 4.39. The molecule has 0 aliphatic carbocycles. The average Bonchev–Trinajstić information content (AvgIpc) is 2.65. The standard InChI is InChI=1S/C18H24F3N3O3.HI/c1-22-17(24-11-8-14(9-12-24)16(25)26-2)23-10-7-13-3-5-15(6-4-13)27-18(19,20)21;/h3-6,14H,7-12H2,1-2H3,(H,22,23);1H. The fraction of sp³-hybridized carbons (Fsp3) is 0.556. The van der Waals surface area contributed by atoms with Gasteiger partial charge in [-0.2, -0.15) is 0 Å². The first-order valence-corrected chi connectivity index (χ1v) is 8.70. The molecular formula is C18H25F3IN3O3. The number of esters is 1. The smallest absolute Gasteiger partial charge is 0.469 e. The van der Waals surface area contributed by atoms with Gasteiger partial charge in [-0.25, -0.2) is 0 Å². The van der Waals surface area contributed by atoms with Crippen LogP contribution in [0.15, 0.2) is 29.3 Å². The second-order valence-corrected chi connectivity index (χ2v) is 6.20. The third kappa shape index (κ3) is 7.72. The number of carbonyl (C=O) groups excluding carboxylic acids is 1. The van der Waals surface area contributed by atoms with E-state index in [0.717, 1.165) is 11.5 Å². The molecule has 0 spiro atoms. The van der Waals surface area contributed by atoms with E-state index in [4.69, 9.17) is 4.74 Å². The van der Waals surface area contributed by atoms with Gasteiger partial charge in [0, 0.05) is 26.7 Å². The molecule has 1 aromatic rings. The Kier molecular flexibility index (Phi) is 9.83. The highest BCUT2D eigenvalue weighted by molar-refractivity contribution is 14.0. The molecule has 1 saturated heterocycles. The molecule has 0 saturated carbocycles. The summed E-state index contributed by atoms with van der Waals surface area (Å²) in [6.07, 6.45) is -2.62. The highest BCUT2D eigenvalue weighted by atomic mass is 127. The fourth-order valence-electron chi connectivity index (χ4n) is 3.00. The van der Waals surface area contributed by atoms with Crippen LogP contribution in [0.5, 0.6) is 5.75 Å². The number of guanidine groups is 1. The summed E-state index contributed by atoms with van der Waals surface area (Å²) >= 11 is 0. The molecule has 1 heterocycles. The quantitative estimate of drug-likeness (QED) is 0.283. The summed E-state index contributed by atoms with van der Waals surface area (Å²) in [7, 11) is 3.09. The van der Waals surface area contributed by atoms with Crippen molar-refractivity contribution in [2.75, 3.05) is 33.8 Å². The van der Waals surface area contributed by atoms with Crippen LogP contribution in [0.1, 0.15) is 18.4 Å². The van der Waals surface area contributed by atoms with E-state index >= 15 is 0 Å². The Bertz CT molecular complexity index is 646. The number of hydrogen-bond donors (Lipinski definition) is 1. The van der Waals surface area contributed by atoms with Gasteiger partial charge in [-0.05, 0) is 37.0 Å². The van der Waals surface area contributed by atoms with E-state index in [1.165, 1.54) is 19.2 Å². The number of carbonyl (C=O) groups is 1. The minimum Gasteiger partial charge on any atom is -0.469 e. The third-order valence-corrected chi connectivity index (χ3v) is 4.39. The predicted molar refractivity (Wildman–Crippen MR) is 110 cm³/mol. The summed E-state index contributed by atoms with van der Waals surface area (Å²) in [5, 5.41) is 3.25. The normalized spacial score (nSPS) is 15.6. The maximum atomic E-state index is 12.2. The number of ether oxygens (including phenoxy) is 2. The van der Waals surface area contributed by atoms with E-state index in [-0.39, 0.29) is 41.6 Å². The SMILES string of the molecule is CN=C(NCCc1ccc(OC(F)(F)F)cc1)N1CCC(C(=O)OC)CC1.I. The molecule has 1 fully saturated rings. The summed E-state index contributed by atoms with van der Waals surface area (Å²) in [4.78, 5) is 17.9. The molecule has 158 valence electrons. The molecule has 0 amide bonds. The number of piperidine rings is 1. The molecule has 0 atom stereocenters. The van der Waals surface area contributed by atoms with Gasteiger partial charge in [-0.15, -0.1) is 37.1 Å². The molecule has 6 nitrogen and oxygen atoms in total. The fourth-order valence-corrected chi connectivity index (χ4v) is 3.00. The van der Waals surface area contributed by atoms with Crippen LogP contribution in [0, 0.1) is 5.92 Å². The van der Waals surface area contributed by atoms with Crippen molar-refractivity contribution in [3.8, 4) is 5.75 Å². The molecule has 0 radical (unpaired) electrons. The summed E-state index contributed by atoms with van der Waals surface area (Å²) in [5.74, 6) is 0.274. The van der Waals surface area contributed by atoms with Crippen LogP contribution in [0.3, 0.4) is 0 Å². The monoisotopic (exact) mass is 515 g/mol. The number of aliphatic imine (C=N–C) groups is 1. The second-order valence-electron chi connectivity index (χ2n) is 6.20. The maximum Gasteiger partial charge on any atom is 0.573 e. The van der Waals surface area contributed by atoms with Crippen LogP contribution in [-0.4, -0.2) is 57.0 Å². The molecule has 1 aliphatic rings. The van der Waals surface area contributed by atoms with Crippen LogP contribution in [0.2, 0.25) is 0 Å². The average molecular weight is 515 g/mol. The number of methoxy groups -OCH3 is 1. The molecular weight excluding hydrogens is 490 g/mol. The van der Waals surface area contributed by atoms with E-state index < -0.39 is 6.36 Å². The van der Waals surface area contributed by atoms with Crippen LogP contribution < -0.4 is 10.1 Å². The van der Waals surface area contributed by atoms with Gasteiger partial charge in [0.1, 0.15) is 5.75 Å². The van der Waals surface area contributed by atoms with E-state index in [9.17, 15) is 18.0 Å². The van der Waals surface area contributed by atoms with Crippen LogP contribution in [0.25, 0.3) is 0 Å². The zero-order valence-electron chi connectivity index (χ0n) is 15.8. The van der Waals surface area contributed by atoms with E-state index in [1.807, 2.05) is 0 Å². The first kappa shape index (κ1) is 24.3. The predicted octanol–water partition coefficient (Wildman–Crippen LogP) is 3.21. The highest BCUT2D eigenvalue weighted by Gasteiger charge is 2.31. The van der Waals surface area contributed by atoms with Crippen molar-refractivity contribution in [3.63, 3.8) is 0 Å². The van der Waals surface area contributed by atoms with Gasteiger partial charge in [-0.3, -0.25) is 9.79 Å². The Hall–Kier alpha value is -1.72. The van der Waals surface area contributed by atoms with Gasteiger partial charge in [0.05, 0.1) is 13.0 Å². The number of halogens is 4. The molecule has 1 aromatic carbocycles. The number of rotatable bonds is 5. The van der Waals surface area contributed by atoms with Crippen LogP contribution in [-0.2, 0) is 16.0 Å². The molecule has 10 heteroatoms. The molecule has 28 heavy (non-hydrogen) atoms. The van der Waals surface area contributed by atoms with Gasteiger partial charge < -0.3 is 19.7 Å². The van der Waals surface area contributed by atoms with Crippen LogP contribution >= 0.6 is 24.0 Å². The van der Waals surface area contributed by atoms with Crippen molar-refractivity contribution >= 4 is 35.9 Å². The van der Waals surface area contributed by atoms with Gasteiger partial charge in [0.2, 0.25) is 0 Å². The molecule has 2 rings (SSSR count). The van der Waals surface area contributed by atoms with Crippen molar-refractivity contribution < 1.29 is 27.4 Å². The van der Waals surface area contributed by atoms with Crippen LogP contribution in [0.4, 0.5) is 13.2 Å². The van der Waals surface area contributed by atoms with Gasteiger partial charge >= 0.3 is 12.3 Å². The summed E-state index contributed by atoms with van der Waals surface area (Å²) in [6, 6.07) is 5.81. The summed E-state index contributed by atoms with van der Waals surface area (Å²) in [5.41, 5.74) is 0.886. The Labute approximate surface area is 179 Å². The topological polar surface area (TPSA) is 63.2 Å². The number of benzene rings is 1. The van der Waals surface area contributed by atoms with Crippen molar-refractivity contribution in [2.45, 2.75) is 25.6 Å². The van der Waals surface area contributed by atoms with Crippen molar-refractivity contribution in [3.05, 3.63) is 29.8 Å². The van der Waals surface area contributed by atoms with E-state index in [2.05, 4.69) is 19.9 Å². The highest BCUT2D eigenvalue weighted by Crippen LogP contribution is 2.23. The van der Waals surface area contributed by atoms with Crippen molar-refractivity contribution in [1.29, 1.82) is 0 Å². The lowest BCUT2D eigenvalue weighted by molar-refractivity contribution is -0.274. The number of nitrogens with one attached hydrogen (secondary N) is 1. The Morgan fingerprint density at radius 3 is 2.36 bits per heavy atom. The number of alkyl halides is 3. The Morgan fingerprint density at radius 1 is 1.25 bits per heavy atom.